The Hall–Kier alpha value is -3.40. The van der Waals surface area contributed by atoms with Crippen LogP contribution in [0.1, 0.15) is 36.4 Å². The van der Waals surface area contributed by atoms with Crippen LogP contribution in [0.4, 0.5) is 17.6 Å². The molecule has 1 saturated heterocycles. The Kier molecular flexibility index (Phi) is 5.12. The van der Waals surface area contributed by atoms with Gasteiger partial charge in [-0.15, -0.1) is 0 Å². The molecule has 0 aliphatic carbocycles. The van der Waals surface area contributed by atoms with Crippen molar-refractivity contribution in [2.75, 3.05) is 13.2 Å². The van der Waals surface area contributed by atoms with E-state index < -0.39 is 41.4 Å². The number of alkyl halides is 2. The van der Waals surface area contributed by atoms with Crippen molar-refractivity contribution in [3.63, 3.8) is 0 Å². The molecule has 3 heterocycles. The zero-order valence-electron chi connectivity index (χ0n) is 17.2. The maximum absolute atomic E-state index is 15.6. The highest BCUT2D eigenvalue weighted by Gasteiger charge is 2.43. The molecule has 0 bridgehead atoms. The van der Waals surface area contributed by atoms with Crippen LogP contribution in [0.15, 0.2) is 36.5 Å². The molecule has 0 saturated carbocycles. The van der Waals surface area contributed by atoms with E-state index in [0.29, 0.717) is 42.5 Å². The summed E-state index contributed by atoms with van der Waals surface area (Å²) in [6.45, 7) is 0.692. The summed E-state index contributed by atoms with van der Waals surface area (Å²) in [7, 11) is 0. The van der Waals surface area contributed by atoms with E-state index in [1.54, 1.807) is 6.07 Å². The predicted octanol–water partition coefficient (Wildman–Crippen LogP) is 5.25. The topological polar surface area (TPSA) is 80.1 Å². The molecule has 2 N–H and O–H groups in total. The maximum atomic E-state index is 15.6. The second kappa shape index (κ2) is 7.87. The van der Waals surface area contributed by atoms with Gasteiger partial charge in [0, 0.05) is 47.4 Å². The summed E-state index contributed by atoms with van der Waals surface area (Å²) in [5, 5.41) is 16.7. The third-order valence-electron chi connectivity index (χ3n) is 6.07. The van der Waals surface area contributed by atoms with Gasteiger partial charge in [-0.05, 0) is 37.1 Å². The van der Waals surface area contributed by atoms with Crippen molar-refractivity contribution in [2.45, 2.75) is 31.1 Å². The molecule has 0 radical (unpaired) electrons. The van der Waals surface area contributed by atoms with Crippen LogP contribution in [-0.2, 0) is 15.5 Å². The van der Waals surface area contributed by atoms with Gasteiger partial charge in [-0.1, -0.05) is 0 Å². The van der Waals surface area contributed by atoms with Crippen molar-refractivity contribution in [1.82, 2.24) is 14.8 Å². The molecule has 0 unspecified atom stereocenters. The minimum absolute atomic E-state index is 0.129. The second-order valence-corrected chi connectivity index (χ2v) is 8.18. The fourth-order valence-electron chi connectivity index (χ4n) is 4.67. The molecule has 10 heteroatoms. The Bertz CT molecular complexity index is 1370. The van der Waals surface area contributed by atoms with Gasteiger partial charge in [-0.2, -0.15) is 5.10 Å². The molecule has 1 aliphatic rings. The number of nitrogens with zero attached hydrogens (tertiary/aromatic N) is 2. The van der Waals surface area contributed by atoms with Crippen LogP contribution in [0.3, 0.4) is 0 Å². The zero-order valence-corrected chi connectivity index (χ0v) is 17.2. The summed E-state index contributed by atoms with van der Waals surface area (Å²) >= 11 is 0. The van der Waals surface area contributed by atoms with Gasteiger partial charge in [-0.3, -0.25) is 9.89 Å². The highest BCUT2D eigenvalue weighted by atomic mass is 19.3. The van der Waals surface area contributed by atoms with Crippen LogP contribution in [-0.4, -0.2) is 39.1 Å². The average molecular weight is 461 g/mol. The van der Waals surface area contributed by atoms with Crippen molar-refractivity contribution < 1.29 is 32.2 Å². The average Bonchev–Trinajstić information content (AvgIpc) is 3.35. The van der Waals surface area contributed by atoms with Crippen molar-refractivity contribution in [1.29, 1.82) is 0 Å². The maximum Gasteiger partial charge on any atom is 0.309 e. The largest absolute Gasteiger partial charge is 0.481 e. The molecule has 0 atom stereocenters. The van der Waals surface area contributed by atoms with Gasteiger partial charge in [-0.25, -0.2) is 17.6 Å². The Balaban J connectivity index is 1.91. The monoisotopic (exact) mass is 461 g/mol. The van der Waals surface area contributed by atoms with Crippen LogP contribution in [0, 0.1) is 11.6 Å². The Morgan fingerprint density at radius 1 is 1.18 bits per heavy atom. The molecular formula is C23H19F4N3O3. The number of ether oxygens (including phenoxy) is 1. The number of nitrogens with one attached hydrogen (secondary N) is 1. The number of hydrogen-bond donors (Lipinski definition) is 2. The number of aromatic amines is 1. The SMILES string of the molecule is O=C(O)CC(F)(F)c1c(C2CCOCC2)n(-c2ccc(F)c(F)c2)c2cc3cn[nH]c3cc12. The molecular weight excluding hydrogens is 442 g/mol. The molecule has 1 fully saturated rings. The van der Waals surface area contributed by atoms with E-state index in [2.05, 4.69) is 10.2 Å². The van der Waals surface area contributed by atoms with E-state index in [0.717, 1.165) is 12.1 Å². The van der Waals surface area contributed by atoms with E-state index in [-0.39, 0.29) is 16.8 Å². The van der Waals surface area contributed by atoms with Crippen LogP contribution in [0.25, 0.3) is 27.5 Å². The molecule has 2 aromatic carbocycles. The van der Waals surface area contributed by atoms with E-state index >= 15 is 8.78 Å². The molecule has 5 rings (SSSR count). The molecule has 4 aromatic rings. The highest BCUT2D eigenvalue weighted by molar-refractivity contribution is 5.99. The van der Waals surface area contributed by atoms with Crippen LogP contribution < -0.4 is 0 Å². The summed E-state index contributed by atoms with van der Waals surface area (Å²) < 4.78 is 65.9. The summed E-state index contributed by atoms with van der Waals surface area (Å²) in [6, 6.07) is 6.35. The van der Waals surface area contributed by atoms with Crippen molar-refractivity contribution in [3.8, 4) is 5.69 Å². The minimum atomic E-state index is -3.71. The Morgan fingerprint density at radius 2 is 1.94 bits per heavy atom. The number of halogens is 4. The lowest BCUT2D eigenvalue weighted by Gasteiger charge is -2.27. The van der Waals surface area contributed by atoms with Crippen molar-refractivity contribution in [2.24, 2.45) is 0 Å². The fourth-order valence-corrected chi connectivity index (χ4v) is 4.67. The van der Waals surface area contributed by atoms with Gasteiger partial charge in [0.25, 0.3) is 5.92 Å². The normalized spacial score (nSPS) is 15.5. The first-order chi connectivity index (χ1) is 15.8. The summed E-state index contributed by atoms with van der Waals surface area (Å²) in [5.41, 5.74) is 0.757. The van der Waals surface area contributed by atoms with E-state index in [1.807, 2.05) is 0 Å². The van der Waals surface area contributed by atoms with E-state index in [4.69, 9.17) is 4.74 Å². The molecule has 0 amide bonds. The summed E-state index contributed by atoms with van der Waals surface area (Å²) in [6.07, 6.45) is 0.979. The fraction of sp³-hybridized carbons (Fsp3) is 0.304. The quantitative estimate of drug-likeness (QED) is 0.398. The van der Waals surface area contributed by atoms with Crippen LogP contribution in [0.2, 0.25) is 0 Å². The first-order valence-corrected chi connectivity index (χ1v) is 10.4. The molecule has 172 valence electrons. The number of carboxylic acid groups (broad SMARTS) is 1. The number of fused-ring (bicyclic) bond motifs is 2. The lowest BCUT2D eigenvalue weighted by molar-refractivity contribution is -0.145. The number of hydrogen-bond acceptors (Lipinski definition) is 3. The number of aromatic nitrogens is 3. The first-order valence-electron chi connectivity index (χ1n) is 10.4. The van der Waals surface area contributed by atoms with Crippen LogP contribution >= 0.6 is 0 Å². The van der Waals surface area contributed by atoms with Gasteiger partial charge in [0.15, 0.2) is 11.6 Å². The van der Waals surface area contributed by atoms with Gasteiger partial charge in [0.1, 0.15) is 6.42 Å². The number of H-pyrrole nitrogens is 1. The van der Waals surface area contributed by atoms with Gasteiger partial charge in [0.05, 0.1) is 22.8 Å². The second-order valence-electron chi connectivity index (χ2n) is 8.18. The number of carbonyl (C=O) groups is 1. The number of rotatable bonds is 5. The third kappa shape index (κ3) is 3.64. The zero-order chi connectivity index (χ0) is 23.3. The van der Waals surface area contributed by atoms with Gasteiger partial charge in [0.2, 0.25) is 0 Å². The smallest absolute Gasteiger partial charge is 0.309 e. The predicted molar refractivity (Wildman–Crippen MR) is 112 cm³/mol. The lowest BCUT2D eigenvalue weighted by atomic mass is 9.89. The summed E-state index contributed by atoms with van der Waals surface area (Å²) in [4.78, 5) is 11.3. The molecule has 2 aromatic heterocycles. The molecule has 33 heavy (non-hydrogen) atoms. The summed E-state index contributed by atoms with van der Waals surface area (Å²) in [5.74, 6) is -7.93. The third-order valence-corrected chi connectivity index (χ3v) is 6.07. The first kappa shape index (κ1) is 21.4. The standard InChI is InChI=1S/C23H19F4N3O3/c24-16-2-1-14(8-17(16)25)30-19-7-13-11-28-29-18(13)9-15(19)21(23(26,27)10-20(31)32)22(30)12-3-5-33-6-4-12/h1-2,7-9,11-12H,3-6,10H2,(H,28,29)(H,31,32). The minimum Gasteiger partial charge on any atom is -0.481 e. The number of benzene rings is 2. The van der Waals surface area contributed by atoms with Gasteiger partial charge >= 0.3 is 5.97 Å². The number of carboxylic acids is 1. The van der Waals surface area contributed by atoms with E-state index in [9.17, 15) is 18.7 Å². The lowest BCUT2D eigenvalue weighted by Crippen LogP contribution is -2.24. The van der Waals surface area contributed by atoms with Crippen molar-refractivity contribution >= 4 is 27.8 Å². The molecule has 1 aliphatic heterocycles. The molecule has 6 nitrogen and oxygen atoms in total. The Morgan fingerprint density at radius 3 is 2.64 bits per heavy atom. The highest BCUT2D eigenvalue weighted by Crippen LogP contribution is 2.47. The number of aliphatic carboxylic acids is 1. The van der Waals surface area contributed by atoms with Crippen molar-refractivity contribution in [3.05, 3.63) is 59.4 Å². The van der Waals surface area contributed by atoms with Gasteiger partial charge < -0.3 is 14.4 Å². The van der Waals surface area contributed by atoms with E-state index in [1.165, 1.54) is 22.9 Å². The van der Waals surface area contributed by atoms with Crippen LogP contribution in [0.5, 0.6) is 0 Å². The Labute approximate surface area is 184 Å². The molecule has 0 spiro atoms.